The first-order chi connectivity index (χ1) is 17.3. The highest BCUT2D eigenvalue weighted by Gasteiger charge is 2.33. The Morgan fingerprint density at radius 3 is 2.39 bits per heavy atom. The lowest BCUT2D eigenvalue weighted by Crippen LogP contribution is -2.46. The largest absolute Gasteiger partial charge is 0.573 e. The summed E-state index contributed by atoms with van der Waals surface area (Å²) in [7, 11) is 0. The van der Waals surface area contributed by atoms with E-state index < -0.39 is 6.36 Å². The van der Waals surface area contributed by atoms with Gasteiger partial charge in [0.25, 0.3) is 5.91 Å². The molecule has 0 aliphatic carbocycles. The Kier molecular flexibility index (Phi) is 6.70. The fourth-order valence-electron chi connectivity index (χ4n) is 5.23. The number of hydrogen-bond donors (Lipinski definition) is 0. The molecular formula is C26H28F3N5O2. The van der Waals surface area contributed by atoms with Crippen molar-refractivity contribution in [2.75, 3.05) is 26.2 Å². The molecule has 190 valence electrons. The number of carbonyl (C=O) groups excluding carboxylic acids is 1. The van der Waals surface area contributed by atoms with Crippen LogP contribution in [0.2, 0.25) is 0 Å². The Labute approximate surface area is 207 Å². The second-order valence-electron chi connectivity index (χ2n) is 9.27. The first-order valence-electron chi connectivity index (χ1n) is 12.2. The molecule has 2 aromatic heterocycles. The van der Waals surface area contributed by atoms with Gasteiger partial charge in [-0.25, -0.2) is 4.68 Å². The number of aromatic nitrogens is 3. The Morgan fingerprint density at radius 1 is 1.03 bits per heavy atom. The summed E-state index contributed by atoms with van der Waals surface area (Å²) in [4.78, 5) is 22.3. The fraction of sp³-hybridized carbons (Fsp3) is 0.423. The van der Waals surface area contributed by atoms with Gasteiger partial charge in [0.05, 0.1) is 16.9 Å². The zero-order valence-corrected chi connectivity index (χ0v) is 20.0. The van der Waals surface area contributed by atoms with Crippen molar-refractivity contribution >= 4 is 5.91 Å². The van der Waals surface area contributed by atoms with Crippen LogP contribution in [0.15, 0.2) is 48.8 Å². The molecule has 3 aromatic rings. The summed E-state index contributed by atoms with van der Waals surface area (Å²) >= 11 is 0. The van der Waals surface area contributed by atoms with E-state index in [-0.39, 0.29) is 11.7 Å². The minimum Gasteiger partial charge on any atom is -0.406 e. The second kappa shape index (κ2) is 9.93. The van der Waals surface area contributed by atoms with Gasteiger partial charge in [0.1, 0.15) is 11.4 Å². The second-order valence-corrected chi connectivity index (χ2v) is 9.27. The van der Waals surface area contributed by atoms with E-state index in [1.165, 1.54) is 35.7 Å². The summed E-state index contributed by atoms with van der Waals surface area (Å²) in [5, 5.41) is 4.68. The Balaban J connectivity index is 1.47. The highest BCUT2D eigenvalue weighted by Crippen LogP contribution is 2.31. The Bertz CT molecular complexity index is 1210. The number of halogens is 3. The lowest BCUT2D eigenvalue weighted by molar-refractivity contribution is -0.274. The smallest absolute Gasteiger partial charge is 0.406 e. The topological polar surface area (TPSA) is 63.5 Å². The van der Waals surface area contributed by atoms with E-state index in [4.69, 9.17) is 0 Å². The van der Waals surface area contributed by atoms with E-state index in [9.17, 15) is 18.0 Å². The third-order valence-electron chi connectivity index (χ3n) is 6.99. The highest BCUT2D eigenvalue weighted by molar-refractivity contribution is 6.01. The predicted molar refractivity (Wildman–Crippen MR) is 128 cm³/mol. The van der Waals surface area contributed by atoms with Crippen molar-refractivity contribution in [3.63, 3.8) is 0 Å². The van der Waals surface area contributed by atoms with E-state index in [2.05, 4.69) is 19.7 Å². The number of likely N-dealkylation sites (tertiary alicyclic amines) is 2. The molecule has 2 saturated heterocycles. The van der Waals surface area contributed by atoms with Crippen molar-refractivity contribution < 1.29 is 22.7 Å². The van der Waals surface area contributed by atoms with Gasteiger partial charge in [0.15, 0.2) is 0 Å². The normalized spacial score (nSPS) is 17.5. The number of nitrogens with zero attached hydrogens (tertiary/aromatic N) is 5. The van der Waals surface area contributed by atoms with Crippen molar-refractivity contribution in [3.05, 3.63) is 60.0 Å². The monoisotopic (exact) mass is 499 g/mol. The standard InChI is InChI=1S/C26H28F3N5O2/c1-18-23(25(35)33-15-9-20(10-16-33)32-13-2-3-14-32)24(19-7-11-30-12-8-19)31-34(18)21-5-4-6-22(17-21)36-26(27,28)29/h4-8,11-12,17,20H,2-3,9-10,13-16H2,1H3. The molecule has 1 aromatic carbocycles. The summed E-state index contributed by atoms with van der Waals surface area (Å²) in [6, 6.07) is 9.65. The van der Waals surface area contributed by atoms with Crippen LogP contribution >= 0.6 is 0 Å². The van der Waals surface area contributed by atoms with Gasteiger partial charge in [-0.15, -0.1) is 13.2 Å². The molecular weight excluding hydrogens is 471 g/mol. The number of rotatable bonds is 5. The van der Waals surface area contributed by atoms with Gasteiger partial charge in [0.2, 0.25) is 0 Å². The molecule has 0 N–H and O–H groups in total. The zero-order chi connectivity index (χ0) is 25.3. The number of ether oxygens (including phenoxy) is 1. The summed E-state index contributed by atoms with van der Waals surface area (Å²) in [6.45, 7) is 5.35. The van der Waals surface area contributed by atoms with E-state index >= 15 is 0 Å². The Morgan fingerprint density at radius 2 is 1.72 bits per heavy atom. The molecule has 2 aliphatic rings. The van der Waals surface area contributed by atoms with Crippen LogP contribution in [-0.2, 0) is 0 Å². The SMILES string of the molecule is Cc1c(C(=O)N2CCC(N3CCCC3)CC2)c(-c2ccncc2)nn1-c1cccc(OC(F)(F)F)c1. The molecule has 10 heteroatoms. The van der Waals surface area contributed by atoms with Crippen molar-refractivity contribution in [2.24, 2.45) is 0 Å². The van der Waals surface area contributed by atoms with E-state index in [1.807, 2.05) is 4.90 Å². The van der Waals surface area contributed by atoms with Gasteiger partial charge >= 0.3 is 6.36 Å². The average Bonchev–Trinajstić information content (AvgIpc) is 3.52. The molecule has 0 spiro atoms. The average molecular weight is 500 g/mol. The fourth-order valence-corrected chi connectivity index (χ4v) is 5.23. The molecule has 36 heavy (non-hydrogen) atoms. The van der Waals surface area contributed by atoms with Crippen LogP contribution in [0.3, 0.4) is 0 Å². The van der Waals surface area contributed by atoms with Gasteiger partial charge in [-0.1, -0.05) is 6.07 Å². The maximum atomic E-state index is 13.8. The number of alkyl halides is 3. The predicted octanol–water partition coefficient (Wildman–Crippen LogP) is 4.84. The van der Waals surface area contributed by atoms with Crippen LogP contribution in [-0.4, -0.2) is 69.1 Å². The molecule has 0 atom stereocenters. The van der Waals surface area contributed by atoms with Gasteiger partial charge in [-0.05, 0) is 70.0 Å². The maximum Gasteiger partial charge on any atom is 0.573 e. The molecule has 4 heterocycles. The highest BCUT2D eigenvalue weighted by atomic mass is 19.4. The van der Waals surface area contributed by atoms with Gasteiger partial charge in [-0.2, -0.15) is 5.10 Å². The number of benzene rings is 1. The molecule has 7 nitrogen and oxygen atoms in total. The summed E-state index contributed by atoms with van der Waals surface area (Å²) in [5.74, 6) is -0.467. The maximum absolute atomic E-state index is 13.8. The van der Waals surface area contributed by atoms with Gasteiger partial charge in [0, 0.05) is 43.2 Å². The van der Waals surface area contributed by atoms with Crippen LogP contribution in [0.1, 0.15) is 41.7 Å². The van der Waals surface area contributed by atoms with Crippen LogP contribution < -0.4 is 4.74 Å². The molecule has 0 radical (unpaired) electrons. The summed E-state index contributed by atoms with van der Waals surface area (Å²) in [6.07, 6.45) is 2.78. The van der Waals surface area contributed by atoms with E-state index in [0.29, 0.717) is 47.3 Å². The first kappa shape index (κ1) is 24.3. The molecule has 0 unspecified atom stereocenters. The minimum absolute atomic E-state index is 0.117. The quantitative estimate of drug-likeness (QED) is 0.503. The van der Waals surface area contributed by atoms with Crippen molar-refractivity contribution in [2.45, 2.75) is 45.0 Å². The molecule has 1 amide bonds. The van der Waals surface area contributed by atoms with E-state index in [1.54, 1.807) is 37.5 Å². The molecule has 0 saturated carbocycles. The first-order valence-corrected chi connectivity index (χ1v) is 12.2. The number of amides is 1. The molecule has 2 aliphatic heterocycles. The third kappa shape index (κ3) is 5.09. The number of pyridine rings is 1. The number of piperidine rings is 1. The van der Waals surface area contributed by atoms with E-state index in [0.717, 1.165) is 25.9 Å². The van der Waals surface area contributed by atoms with Crippen molar-refractivity contribution in [3.8, 4) is 22.7 Å². The van der Waals surface area contributed by atoms with Crippen molar-refractivity contribution in [1.29, 1.82) is 0 Å². The molecule has 0 bridgehead atoms. The van der Waals surface area contributed by atoms with Crippen molar-refractivity contribution in [1.82, 2.24) is 24.6 Å². The van der Waals surface area contributed by atoms with Crippen LogP contribution in [0.25, 0.3) is 16.9 Å². The lowest BCUT2D eigenvalue weighted by atomic mass is 10.0. The number of hydrogen-bond acceptors (Lipinski definition) is 5. The molecule has 2 fully saturated rings. The van der Waals surface area contributed by atoms with Gasteiger partial charge < -0.3 is 14.5 Å². The zero-order valence-electron chi connectivity index (χ0n) is 20.0. The third-order valence-corrected chi connectivity index (χ3v) is 6.99. The summed E-state index contributed by atoms with van der Waals surface area (Å²) < 4.78 is 43.9. The van der Waals surface area contributed by atoms with Crippen LogP contribution in [0.5, 0.6) is 5.75 Å². The van der Waals surface area contributed by atoms with Crippen LogP contribution in [0.4, 0.5) is 13.2 Å². The minimum atomic E-state index is -4.80. The van der Waals surface area contributed by atoms with Crippen LogP contribution in [0, 0.1) is 6.92 Å². The van der Waals surface area contributed by atoms with Gasteiger partial charge in [-0.3, -0.25) is 9.78 Å². The summed E-state index contributed by atoms with van der Waals surface area (Å²) in [5.41, 5.74) is 2.56. The number of carbonyl (C=O) groups is 1. The Hall–Kier alpha value is -3.40. The lowest BCUT2D eigenvalue weighted by Gasteiger charge is -2.36. The molecule has 5 rings (SSSR count).